The molecule has 3 nitrogen and oxygen atoms in total. The highest BCUT2D eigenvalue weighted by molar-refractivity contribution is 5.75. The first-order valence-corrected chi connectivity index (χ1v) is 7.18. The fraction of sp³-hybridized carbons (Fsp3) is 0.933. The number of unbranched alkanes of at least 4 members (excludes halogenated alkanes) is 1. The van der Waals surface area contributed by atoms with Crippen LogP contribution in [-0.4, -0.2) is 23.8 Å². The van der Waals surface area contributed by atoms with Crippen molar-refractivity contribution in [3.05, 3.63) is 0 Å². The van der Waals surface area contributed by atoms with E-state index < -0.39 is 11.5 Å². The average Bonchev–Trinajstić information content (AvgIpc) is 2.29. The van der Waals surface area contributed by atoms with E-state index in [4.69, 9.17) is 4.74 Å². The number of aliphatic hydroxyl groups excluding tert-OH is 1. The largest absolute Gasteiger partial charge is 0.463 e. The quantitative estimate of drug-likeness (QED) is 0.677. The number of carbonyl (C=O) groups is 1. The Hall–Kier alpha value is -0.570. The van der Waals surface area contributed by atoms with Crippen LogP contribution in [0.4, 0.5) is 0 Å². The Morgan fingerprint density at radius 3 is 2.22 bits per heavy atom. The Morgan fingerprint density at radius 2 is 1.78 bits per heavy atom. The van der Waals surface area contributed by atoms with Gasteiger partial charge in [0.2, 0.25) is 0 Å². The van der Waals surface area contributed by atoms with Crippen molar-refractivity contribution in [3.63, 3.8) is 0 Å². The summed E-state index contributed by atoms with van der Waals surface area (Å²) in [6.45, 7) is 9.86. The van der Waals surface area contributed by atoms with Crippen LogP contribution in [0.15, 0.2) is 0 Å². The van der Waals surface area contributed by atoms with Gasteiger partial charge in [-0.15, -0.1) is 0 Å². The van der Waals surface area contributed by atoms with Crippen LogP contribution in [0.25, 0.3) is 0 Å². The molecule has 0 bridgehead atoms. The molecule has 0 radical (unpaired) electrons. The molecule has 0 aliphatic heterocycles. The fourth-order valence-electron chi connectivity index (χ4n) is 1.88. The van der Waals surface area contributed by atoms with Gasteiger partial charge in [0.25, 0.3) is 0 Å². The highest BCUT2D eigenvalue weighted by Gasteiger charge is 2.25. The molecule has 3 heteroatoms. The summed E-state index contributed by atoms with van der Waals surface area (Å²) in [5.74, 6) is 0.00927. The summed E-state index contributed by atoms with van der Waals surface area (Å²) < 4.78 is 5.19. The van der Waals surface area contributed by atoms with Crippen molar-refractivity contribution in [2.24, 2.45) is 11.3 Å². The van der Waals surface area contributed by atoms with E-state index in [0.29, 0.717) is 0 Å². The number of hydrogen-bond acceptors (Lipinski definition) is 3. The maximum atomic E-state index is 11.6. The van der Waals surface area contributed by atoms with Gasteiger partial charge < -0.3 is 9.84 Å². The molecule has 0 aromatic carbocycles. The minimum absolute atomic E-state index is 0.129. The highest BCUT2D eigenvalue weighted by Crippen LogP contribution is 2.21. The van der Waals surface area contributed by atoms with Crippen molar-refractivity contribution in [1.82, 2.24) is 0 Å². The molecule has 0 fully saturated rings. The van der Waals surface area contributed by atoms with Crippen LogP contribution in [0.3, 0.4) is 0 Å². The Labute approximate surface area is 112 Å². The SMILES string of the molecule is CCCC[C@@H](CCC)[C@@H](O)COC(=O)C(C)(C)C. The Morgan fingerprint density at radius 1 is 1.17 bits per heavy atom. The van der Waals surface area contributed by atoms with Crippen molar-refractivity contribution < 1.29 is 14.6 Å². The summed E-state index contributed by atoms with van der Waals surface area (Å²) in [6, 6.07) is 0. The number of aliphatic hydroxyl groups is 1. The number of hydrogen-bond donors (Lipinski definition) is 1. The molecule has 0 spiro atoms. The van der Waals surface area contributed by atoms with E-state index in [1.165, 1.54) is 0 Å². The lowest BCUT2D eigenvalue weighted by Gasteiger charge is -2.24. The van der Waals surface area contributed by atoms with Crippen LogP contribution in [0.1, 0.15) is 66.7 Å². The first-order valence-electron chi connectivity index (χ1n) is 7.18. The molecule has 0 rings (SSSR count). The molecule has 0 aromatic rings. The second-order valence-electron chi connectivity index (χ2n) is 6.11. The second kappa shape index (κ2) is 8.52. The first kappa shape index (κ1) is 17.4. The average molecular weight is 258 g/mol. The minimum atomic E-state index is -0.525. The Kier molecular flexibility index (Phi) is 8.25. The summed E-state index contributed by atoms with van der Waals surface area (Å²) in [5, 5.41) is 10.1. The summed E-state index contributed by atoms with van der Waals surface area (Å²) in [6.07, 6.45) is 4.79. The van der Waals surface area contributed by atoms with E-state index >= 15 is 0 Å². The van der Waals surface area contributed by atoms with Crippen LogP contribution in [0, 0.1) is 11.3 Å². The van der Waals surface area contributed by atoms with Gasteiger partial charge in [-0.2, -0.15) is 0 Å². The van der Waals surface area contributed by atoms with Gasteiger partial charge in [-0.3, -0.25) is 4.79 Å². The Balaban J connectivity index is 4.16. The molecule has 0 aromatic heterocycles. The highest BCUT2D eigenvalue weighted by atomic mass is 16.5. The smallest absolute Gasteiger partial charge is 0.311 e. The van der Waals surface area contributed by atoms with Gasteiger partial charge >= 0.3 is 5.97 Å². The van der Waals surface area contributed by atoms with Crippen LogP contribution in [0.5, 0.6) is 0 Å². The molecular weight excluding hydrogens is 228 g/mol. The van der Waals surface area contributed by atoms with Crippen LogP contribution >= 0.6 is 0 Å². The lowest BCUT2D eigenvalue weighted by Crippen LogP contribution is -2.31. The first-order chi connectivity index (χ1) is 8.32. The van der Waals surface area contributed by atoms with Crippen LogP contribution < -0.4 is 0 Å². The standard InChI is InChI=1S/C15H30O3/c1-6-8-10-12(9-7-2)13(16)11-18-14(17)15(3,4)5/h12-13,16H,6-11H2,1-5H3/t12-,13+/m1/s1. The predicted molar refractivity (Wildman–Crippen MR) is 74.3 cm³/mol. The van der Waals surface area contributed by atoms with Gasteiger partial charge in [-0.05, 0) is 39.5 Å². The second-order valence-corrected chi connectivity index (χ2v) is 6.11. The zero-order valence-corrected chi connectivity index (χ0v) is 12.7. The number of rotatable bonds is 8. The maximum absolute atomic E-state index is 11.6. The monoisotopic (exact) mass is 258 g/mol. The molecule has 0 saturated carbocycles. The zero-order valence-electron chi connectivity index (χ0n) is 12.7. The van der Waals surface area contributed by atoms with E-state index in [1.807, 2.05) is 20.8 Å². The fourth-order valence-corrected chi connectivity index (χ4v) is 1.88. The molecule has 0 heterocycles. The molecule has 0 amide bonds. The molecular formula is C15H30O3. The van der Waals surface area contributed by atoms with Crippen LogP contribution in [-0.2, 0) is 9.53 Å². The van der Waals surface area contributed by atoms with Crippen molar-refractivity contribution >= 4 is 5.97 Å². The van der Waals surface area contributed by atoms with Gasteiger partial charge in [0, 0.05) is 0 Å². The van der Waals surface area contributed by atoms with Gasteiger partial charge in [0.05, 0.1) is 11.5 Å². The van der Waals surface area contributed by atoms with Gasteiger partial charge in [-0.1, -0.05) is 33.1 Å². The van der Waals surface area contributed by atoms with Gasteiger partial charge in [0.15, 0.2) is 0 Å². The third-order valence-corrected chi connectivity index (χ3v) is 3.13. The Bertz CT molecular complexity index is 230. The van der Waals surface area contributed by atoms with E-state index in [9.17, 15) is 9.90 Å². The van der Waals surface area contributed by atoms with Gasteiger partial charge in [-0.25, -0.2) is 0 Å². The normalized spacial score (nSPS) is 15.2. The number of ether oxygens (including phenoxy) is 1. The predicted octanol–water partition coefficient (Wildman–Crippen LogP) is 3.54. The molecule has 0 unspecified atom stereocenters. The summed E-state index contributed by atoms with van der Waals surface area (Å²) >= 11 is 0. The summed E-state index contributed by atoms with van der Waals surface area (Å²) in [5.41, 5.74) is -0.497. The molecule has 0 aliphatic rings. The number of carbonyl (C=O) groups excluding carboxylic acids is 1. The lowest BCUT2D eigenvalue weighted by atomic mass is 9.92. The zero-order chi connectivity index (χ0) is 14.2. The molecule has 2 atom stereocenters. The van der Waals surface area contributed by atoms with E-state index in [1.54, 1.807) is 0 Å². The van der Waals surface area contributed by atoms with Crippen molar-refractivity contribution in [2.45, 2.75) is 72.8 Å². The van der Waals surface area contributed by atoms with E-state index in [0.717, 1.165) is 32.1 Å². The van der Waals surface area contributed by atoms with Crippen molar-refractivity contribution in [3.8, 4) is 0 Å². The molecule has 1 N–H and O–H groups in total. The summed E-state index contributed by atoms with van der Waals surface area (Å²) in [4.78, 5) is 11.6. The molecule has 0 saturated heterocycles. The van der Waals surface area contributed by atoms with E-state index in [2.05, 4.69) is 13.8 Å². The molecule has 0 aliphatic carbocycles. The minimum Gasteiger partial charge on any atom is -0.463 e. The molecule has 108 valence electrons. The third kappa shape index (κ3) is 7.00. The number of esters is 1. The van der Waals surface area contributed by atoms with Gasteiger partial charge in [0.1, 0.15) is 6.61 Å². The van der Waals surface area contributed by atoms with Crippen molar-refractivity contribution in [2.75, 3.05) is 6.61 Å². The topological polar surface area (TPSA) is 46.5 Å². The summed E-state index contributed by atoms with van der Waals surface area (Å²) in [7, 11) is 0. The lowest BCUT2D eigenvalue weighted by molar-refractivity contribution is -0.157. The molecule has 18 heavy (non-hydrogen) atoms. The van der Waals surface area contributed by atoms with Crippen LogP contribution in [0.2, 0.25) is 0 Å². The van der Waals surface area contributed by atoms with E-state index in [-0.39, 0.29) is 18.5 Å². The maximum Gasteiger partial charge on any atom is 0.311 e. The third-order valence-electron chi connectivity index (χ3n) is 3.13. The van der Waals surface area contributed by atoms with Crippen molar-refractivity contribution in [1.29, 1.82) is 0 Å².